The molecule has 2 nitrogen and oxygen atoms in total. The lowest BCUT2D eigenvalue weighted by Gasteiger charge is -1.98. The second kappa shape index (κ2) is 3.82. The Kier molecular flexibility index (Phi) is 3.16. The van der Waals surface area contributed by atoms with Gasteiger partial charge >= 0.3 is 0 Å². The number of hydrogen-bond donors (Lipinski definition) is 0. The molecule has 0 radical (unpaired) electrons. The van der Waals surface area contributed by atoms with Gasteiger partial charge in [0.2, 0.25) is 9.05 Å². The van der Waals surface area contributed by atoms with Crippen LogP contribution in [0.2, 0.25) is 0 Å². The molecule has 0 N–H and O–H groups in total. The summed E-state index contributed by atoms with van der Waals surface area (Å²) in [5.41, 5.74) is 0.549. The largest absolute Gasteiger partial charge is 0.236 e. The molecule has 0 saturated heterocycles. The zero-order valence-corrected chi connectivity index (χ0v) is 9.47. The first-order valence-electron chi connectivity index (χ1n) is 3.55. The fraction of sp³-hybridized carbons (Fsp3) is 0.250. The summed E-state index contributed by atoms with van der Waals surface area (Å²) in [5, 5.41) is 0. The van der Waals surface area contributed by atoms with E-state index < -0.39 is 9.05 Å². The fourth-order valence-corrected chi connectivity index (χ4v) is 2.80. The summed E-state index contributed by atoms with van der Waals surface area (Å²) >= 11 is 1.51. The molecule has 0 aromatic carbocycles. The quantitative estimate of drug-likeness (QED) is 0.757. The highest BCUT2D eigenvalue weighted by molar-refractivity contribution is 8.14. The number of rotatable bonds is 3. The number of halogens is 1. The summed E-state index contributed by atoms with van der Waals surface area (Å²) in [5.74, 6) is -0.186. The fourth-order valence-electron chi connectivity index (χ4n) is 0.904. The lowest BCUT2D eigenvalue weighted by atomic mass is 10.3. The highest BCUT2D eigenvalue weighted by atomic mass is 35.7. The summed E-state index contributed by atoms with van der Waals surface area (Å²) in [6.07, 6.45) is 0. The second-order valence-electron chi connectivity index (χ2n) is 2.70. The van der Waals surface area contributed by atoms with Gasteiger partial charge in [0, 0.05) is 20.4 Å². The molecular formula is C8H9ClO2S2. The normalized spacial score (nSPS) is 11.5. The van der Waals surface area contributed by atoms with E-state index in [-0.39, 0.29) is 5.75 Å². The molecule has 0 aliphatic rings. The Morgan fingerprint density at radius 2 is 2.23 bits per heavy atom. The Bertz CT molecular complexity index is 417. The van der Waals surface area contributed by atoms with Crippen molar-refractivity contribution in [1.29, 1.82) is 0 Å². The van der Waals surface area contributed by atoms with Gasteiger partial charge < -0.3 is 0 Å². The van der Waals surface area contributed by atoms with Crippen molar-refractivity contribution in [2.75, 3.05) is 5.75 Å². The molecule has 0 bridgehead atoms. The van der Waals surface area contributed by atoms with Crippen molar-refractivity contribution in [3.63, 3.8) is 0 Å². The van der Waals surface area contributed by atoms with Crippen molar-refractivity contribution in [3.8, 4) is 0 Å². The van der Waals surface area contributed by atoms with Crippen LogP contribution in [0.5, 0.6) is 0 Å². The highest BCUT2D eigenvalue weighted by Gasteiger charge is 2.10. The van der Waals surface area contributed by atoms with Crippen molar-refractivity contribution in [2.24, 2.45) is 0 Å². The van der Waals surface area contributed by atoms with Gasteiger partial charge in [-0.1, -0.05) is 6.58 Å². The van der Waals surface area contributed by atoms with Crippen LogP contribution in [0.25, 0.3) is 5.57 Å². The van der Waals surface area contributed by atoms with E-state index >= 15 is 0 Å². The smallest absolute Gasteiger partial charge is 0.212 e. The Labute approximate surface area is 86.3 Å². The van der Waals surface area contributed by atoms with E-state index in [9.17, 15) is 8.42 Å². The lowest BCUT2D eigenvalue weighted by Crippen LogP contribution is -1.97. The second-order valence-corrected chi connectivity index (χ2v) is 6.76. The third kappa shape index (κ3) is 3.50. The van der Waals surface area contributed by atoms with Crippen molar-refractivity contribution in [1.82, 2.24) is 0 Å². The van der Waals surface area contributed by atoms with E-state index in [4.69, 9.17) is 10.7 Å². The zero-order valence-electron chi connectivity index (χ0n) is 7.08. The molecule has 1 rings (SSSR count). The van der Waals surface area contributed by atoms with Gasteiger partial charge in [-0.05, 0) is 24.6 Å². The Morgan fingerprint density at radius 3 is 2.62 bits per heavy atom. The predicted octanol–water partition coefficient (Wildman–Crippen LogP) is 2.64. The van der Waals surface area contributed by atoms with Gasteiger partial charge in [-0.25, -0.2) is 8.42 Å². The highest BCUT2D eigenvalue weighted by Crippen LogP contribution is 2.24. The molecule has 0 aliphatic carbocycles. The predicted molar refractivity (Wildman–Crippen MR) is 57.7 cm³/mol. The zero-order chi connectivity index (χ0) is 10.1. The minimum atomic E-state index is -3.48. The first kappa shape index (κ1) is 10.8. The summed E-state index contributed by atoms with van der Waals surface area (Å²) in [6.45, 7) is 5.63. The van der Waals surface area contributed by atoms with Gasteiger partial charge in [0.05, 0.1) is 5.75 Å². The average molecular weight is 237 g/mol. The van der Waals surface area contributed by atoms with Gasteiger partial charge in [-0.3, -0.25) is 0 Å². The summed E-state index contributed by atoms with van der Waals surface area (Å²) in [7, 11) is 1.62. The van der Waals surface area contributed by atoms with Gasteiger partial charge in [0.15, 0.2) is 0 Å². The average Bonchev–Trinajstić information content (AvgIpc) is 2.31. The Hall–Kier alpha value is -0.320. The van der Waals surface area contributed by atoms with E-state index in [0.717, 1.165) is 9.75 Å². The lowest BCUT2D eigenvalue weighted by molar-refractivity contribution is 0.612. The summed E-state index contributed by atoms with van der Waals surface area (Å²) in [4.78, 5) is 2.00. The minimum Gasteiger partial charge on any atom is -0.212 e. The molecule has 0 aliphatic heterocycles. The molecule has 0 saturated carbocycles. The molecule has 0 spiro atoms. The van der Waals surface area contributed by atoms with Crippen LogP contribution in [0.3, 0.4) is 0 Å². The molecule has 0 fully saturated rings. The molecule has 1 heterocycles. The van der Waals surface area contributed by atoms with E-state index in [1.807, 2.05) is 19.1 Å². The maximum Gasteiger partial charge on any atom is 0.236 e. The SMILES string of the molecule is C=C(CS(=O)(=O)Cl)c1ccc(C)s1. The first-order chi connectivity index (χ1) is 5.88. The van der Waals surface area contributed by atoms with Gasteiger partial charge in [-0.15, -0.1) is 11.3 Å². The molecule has 0 unspecified atom stereocenters. The van der Waals surface area contributed by atoms with Crippen LogP contribution >= 0.6 is 22.0 Å². The summed E-state index contributed by atoms with van der Waals surface area (Å²) < 4.78 is 21.5. The van der Waals surface area contributed by atoms with E-state index in [0.29, 0.717) is 5.57 Å². The van der Waals surface area contributed by atoms with Crippen LogP contribution in [0, 0.1) is 6.92 Å². The maximum absolute atomic E-state index is 10.7. The Morgan fingerprint density at radius 1 is 1.62 bits per heavy atom. The van der Waals surface area contributed by atoms with E-state index in [1.165, 1.54) is 11.3 Å². The summed E-state index contributed by atoms with van der Waals surface area (Å²) in [6, 6.07) is 3.77. The van der Waals surface area contributed by atoms with Crippen LogP contribution in [0.1, 0.15) is 9.75 Å². The van der Waals surface area contributed by atoms with E-state index in [1.54, 1.807) is 0 Å². The third-order valence-electron chi connectivity index (χ3n) is 1.44. The molecule has 5 heteroatoms. The molecule has 1 aromatic heterocycles. The molecular weight excluding hydrogens is 228 g/mol. The van der Waals surface area contributed by atoms with Crippen molar-refractivity contribution >= 4 is 36.6 Å². The van der Waals surface area contributed by atoms with Crippen LogP contribution in [0.15, 0.2) is 18.7 Å². The van der Waals surface area contributed by atoms with Gasteiger partial charge in [0.1, 0.15) is 0 Å². The standard InChI is InChI=1S/C8H9ClO2S2/c1-6(5-13(9,10)11)8-4-3-7(2)12-8/h3-4H,1,5H2,2H3. The van der Waals surface area contributed by atoms with E-state index in [2.05, 4.69) is 6.58 Å². The van der Waals surface area contributed by atoms with Crippen molar-refractivity contribution < 1.29 is 8.42 Å². The van der Waals surface area contributed by atoms with Gasteiger partial charge in [0.25, 0.3) is 0 Å². The number of thiophene rings is 1. The molecule has 72 valence electrons. The minimum absolute atomic E-state index is 0.186. The molecule has 13 heavy (non-hydrogen) atoms. The third-order valence-corrected chi connectivity index (χ3v) is 3.56. The van der Waals surface area contributed by atoms with Crippen LogP contribution in [0.4, 0.5) is 0 Å². The molecule has 0 atom stereocenters. The number of aryl methyl sites for hydroxylation is 1. The monoisotopic (exact) mass is 236 g/mol. The van der Waals surface area contributed by atoms with Crippen LogP contribution in [-0.2, 0) is 9.05 Å². The molecule has 1 aromatic rings. The van der Waals surface area contributed by atoms with Crippen molar-refractivity contribution in [3.05, 3.63) is 28.5 Å². The first-order valence-corrected chi connectivity index (χ1v) is 6.85. The maximum atomic E-state index is 10.7. The van der Waals surface area contributed by atoms with Crippen LogP contribution < -0.4 is 0 Å². The van der Waals surface area contributed by atoms with Crippen molar-refractivity contribution in [2.45, 2.75) is 6.92 Å². The topological polar surface area (TPSA) is 34.1 Å². The Balaban J connectivity index is 2.81. The number of hydrogen-bond acceptors (Lipinski definition) is 3. The molecule has 0 amide bonds. The van der Waals surface area contributed by atoms with Gasteiger partial charge in [-0.2, -0.15) is 0 Å². The van der Waals surface area contributed by atoms with Crippen LogP contribution in [-0.4, -0.2) is 14.2 Å².